The first kappa shape index (κ1) is 31.8. The molecule has 0 saturated heterocycles. The van der Waals surface area contributed by atoms with Gasteiger partial charge in [-0.1, -0.05) is 129 Å². The van der Waals surface area contributed by atoms with Crippen LogP contribution in [0.1, 0.15) is 86.6 Å². The summed E-state index contributed by atoms with van der Waals surface area (Å²) in [5.41, 5.74) is 15.3. The van der Waals surface area contributed by atoms with Crippen LogP contribution < -0.4 is 5.32 Å². The molecule has 228 valence electrons. The van der Waals surface area contributed by atoms with Gasteiger partial charge in [0.25, 0.3) is 0 Å². The highest BCUT2D eigenvalue weighted by Gasteiger charge is 2.25. The van der Waals surface area contributed by atoms with Crippen molar-refractivity contribution < 1.29 is 0 Å². The van der Waals surface area contributed by atoms with Gasteiger partial charge in [0.05, 0.1) is 0 Å². The maximum absolute atomic E-state index is 4.35. The van der Waals surface area contributed by atoms with Crippen molar-refractivity contribution in [3.63, 3.8) is 0 Å². The van der Waals surface area contributed by atoms with Gasteiger partial charge >= 0.3 is 0 Å². The molecule has 2 unspecified atom stereocenters. The molecule has 0 spiro atoms. The Morgan fingerprint density at radius 3 is 2.53 bits per heavy atom. The minimum Gasteiger partial charge on any atom is -0.382 e. The number of nitrogens with one attached hydrogen (secondary N) is 1. The molecular formula is C44H47N. The summed E-state index contributed by atoms with van der Waals surface area (Å²) in [6.07, 6.45) is 31.7. The molecule has 3 aliphatic carbocycles. The first-order valence-corrected chi connectivity index (χ1v) is 16.3. The average Bonchev–Trinajstić information content (AvgIpc) is 3.32. The maximum atomic E-state index is 4.35. The standard InChI is InChI=1S/C44H47N/c1-7-9-15-31(3)32(4)42(39-25-28-43-33(5)41(14-8-2)34(6)44(43)30-39)18-13-29-45-40-26-23-38(24-27-40)37-21-19-36(20-22-37)35-16-11-10-12-17-35/h7-9,11,13-23,25-28,30,34,38,45H,1,3,10,12,24,29H2,2,4-6H3/b14-8-,15-9-,18-13-,42-32-. The number of allylic oxidation sites excluding steroid dienone is 18. The Kier molecular flexibility index (Phi) is 10.5. The van der Waals surface area contributed by atoms with Crippen LogP contribution in [0.25, 0.3) is 16.7 Å². The van der Waals surface area contributed by atoms with Crippen molar-refractivity contribution in [2.75, 3.05) is 6.54 Å². The van der Waals surface area contributed by atoms with Gasteiger partial charge in [0.1, 0.15) is 0 Å². The summed E-state index contributed by atoms with van der Waals surface area (Å²) in [6, 6.07) is 16.0. The number of benzene rings is 2. The smallest absolute Gasteiger partial charge is 0.0333 e. The Morgan fingerprint density at radius 1 is 1.02 bits per heavy atom. The number of rotatable bonds is 11. The Morgan fingerprint density at radius 2 is 1.84 bits per heavy atom. The van der Waals surface area contributed by atoms with Crippen LogP contribution in [0.15, 0.2) is 157 Å². The predicted octanol–water partition coefficient (Wildman–Crippen LogP) is 11.7. The van der Waals surface area contributed by atoms with E-state index in [4.69, 9.17) is 0 Å². The van der Waals surface area contributed by atoms with E-state index in [-0.39, 0.29) is 0 Å². The molecular weight excluding hydrogens is 542 g/mol. The van der Waals surface area contributed by atoms with Crippen LogP contribution in [0.5, 0.6) is 0 Å². The van der Waals surface area contributed by atoms with Crippen molar-refractivity contribution in [2.45, 2.75) is 58.8 Å². The Hall–Kier alpha value is -4.62. The van der Waals surface area contributed by atoms with Gasteiger partial charge in [-0.05, 0) is 113 Å². The Bertz CT molecular complexity index is 1720. The van der Waals surface area contributed by atoms with Gasteiger partial charge < -0.3 is 5.32 Å². The lowest BCUT2D eigenvalue weighted by Crippen LogP contribution is -2.14. The highest BCUT2D eigenvalue weighted by molar-refractivity contribution is 5.85. The van der Waals surface area contributed by atoms with Gasteiger partial charge in [0, 0.05) is 24.1 Å². The summed E-state index contributed by atoms with van der Waals surface area (Å²) in [4.78, 5) is 0. The van der Waals surface area contributed by atoms with E-state index >= 15 is 0 Å². The third-order valence-corrected chi connectivity index (χ3v) is 9.27. The molecule has 45 heavy (non-hydrogen) atoms. The molecule has 0 aliphatic heterocycles. The van der Waals surface area contributed by atoms with Crippen molar-refractivity contribution in [1.29, 1.82) is 0 Å². The summed E-state index contributed by atoms with van der Waals surface area (Å²) >= 11 is 0. The van der Waals surface area contributed by atoms with Gasteiger partial charge in [0.15, 0.2) is 0 Å². The van der Waals surface area contributed by atoms with Crippen LogP contribution in [0, 0.1) is 0 Å². The van der Waals surface area contributed by atoms with E-state index in [1.165, 1.54) is 55.8 Å². The molecule has 0 aromatic heterocycles. The van der Waals surface area contributed by atoms with Crippen LogP contribution in [0.4, 0.5) is 0 Å². The average molecular weight is 590 g/mol. The summed E-state index contributed by atoms with van der Waals surface area (Å²) in [5, 5.41) is 3.62. The molecule has 1 N–H and O–H groups in total. The molecule has 0 bridgehead atoms. The lowest BCUT2D eigenvalue weighted by Gasteiger charge is -2.18. The van der Waals surface area contributed by atoms with E-state index in [1.807, 2.05) is 12.2 Å². The fourth-order valence-corrected chi connectivity index (χ4v) is 6.55. The van der Waals surface area contributed by atoms with Crippen molar-refractivity contribution in [3.05, 3.63) is 185 Å². The molecule has 0 amide bonds. The summed E-state index contributed by atoms with van der Waals surface area (Å²) in [6.45, 7) is 17.7. The zero-order chi connectivity index (χ0) is 31.8. The Balaban J connectivity index is 1.27. The highest BCUT2D eigenvalue weighted by atomic mass is 14.9. The molecule has 0 saturated carbocycles. The van der Waals surface area contributed by atoms with Gasteiger partial charge in [-0.15, -0.1) is 0 Å². The van der Waals surface area contributed by atoms with E-state index < -0.39 is 0 Å². The fourth-order valence-electron chi connectivity index (χ4n) is 6.55. The van der Waals surface area contributed by atoms with Crippen LogP contribution in [-0.4, -0.2) is 6.54 Å². The topological polar surface area (TPSA) is 12.0 Å². The first-order valence-electron chi connectivity index (χ1n) is 16.3. The number of hydrogen-bond acceptors (Lipinski definition) is 1. The minimum absolute atomic E-state index is 0.380. The second-order valence-corrected chi connectivity index (χ2v) is 12.2. The van der Waals surface area contributed by atoms with E-state index in [0.717, 1.165) is 37.0 Å². The van der Waals surface area contributed by atoms with Gasteiger partial charge in [0.2, 0.25) is 0 Å². The van der Waals surface area contributed by atoms with Gasteiger partial charge in [-0.3, -0.25) is 0 Å². The summed E-state index contributed by atoms with van der Waals surface area (Å²) in [5.74, 6) is 0.793. The minimum atomic E-state index is 0.380. The number of hydrogen-bond donors (Lipinski definition) is 1. The maximum Gasteiger partial charge on any atom is 0.0333 e. The SMILES string of the molecule is C=C/C=C\C(=C)/C(C)=C(/C=C\CNC1=CCC(c2ccc(C3=CCCC=C3)cc2)C=C1)c1ccc2c(c1)C(C)C(/C=C\C)=C2C. The van der Waals surface area contributed by atoms with Crippen LogP contribution >= 0.6 is 0 Å². The molecule has 2 aromatic carbocycles. The predicted molar refractivity (Wildman–Crippen MR) is 198 cm³/mol. The molecule has 1 nitrogen and oxygen atoms in total. The van der Waals surface area contributed by atoms with Crippen molar-refractivity contribution >= 4 is 16.7 Å². The van der Waals surface area contributed by atoms with Gasteiger partial charge in [-0.2, -0.15) is 0 Å². The molecule has 2 atom stereocenters. The summed E-state index contributed by atoms with van der Waals surface area (Å²) in [7, 11) is 0. The summed E-state index contributed by atoms with van der Waals surface area (Å²) < 4.78 is 0. The highest BCUT2D eigenvalue weighted by Crippen LogP contribution is 2.43. The van der Waals surface area contributed by atoms with E-state index in [2.05, 4.69) is 149 Å². The second-order valence-electron chi connectivity index (χ2n) is 12.2. The monoisotopic (exact) mass is 589 g/mol. The largest absolute Gasteiger partial charge is 0.382 e. The first-order chi connectivity index (χ1) is 21.9. The molecule has 0 heterocycles. The normalized spacial score (nSPS) is 20.1. The molecule has 0 radical (unpaired) electrons. The lowest BCUT2D eigenvalue weighted by molar-refractivity contribution is 0.813. The molecule has 2 aromatic rings. The molecule has 3 aliphatic rings. The zero-order valence-electron chi connectivity index (χ0n) is 27.4. The van der Waals surface area contributed by atoms with Crippen LogP contribution in [0.2, 0.25) is 0 Å². The third kappa shape index (κ3) is 7.37. The van der Waals surface area contributed by atoms with Gasteiger partial charge in [-0.25, -0.2) is 0 Å². The fraction of sp³-hybridized carbons (Fsp3) is 0.227. The number of fused-ring (bicyclic) bond motifs is 1. The van der Waals surface area contributed by atoms with E-state index in [0.29, 0.717) is 11.8 Å². The van der Waals surface area contributed by atoms with Crippen molar-refractivity contribution in [2.24, 2.45) is 0 Å². The van der Waals surface area contributed by atoms with Crippen LogP contribution in [0.3, 0.4) is 0 Å². The van der Waals surface area contributed by atoms with Crippen LogP contribution in [-0.2, 0) is 0 Å². The zero-order valence-corrected chi connectivity index (χ0v) is 27.4. The molecule has 1 heteroatoms. The third-order valence-electron chi connectivity index (χ3n) is 9.27. The molecule has 0 fully saturated rings. The molecule has 5 rings (SSSR count). The lowest BCUT2D eigenvalue weighted by atomic mass is 9.90. The van der Waals surface area contributed by atoms with Crippen molar-refractivity contribution in [3.8, 4) is 0 Å². The van der Waals surface area contributed by atoms with Crippen molar-refractivity contribution in [1.82, 2.24) is 5.32 Å². The Labute approximate surface area is 271 Å². The second kappa shape index (κ2) is 14.9. The quantitative estimate of drug-likeness (QED) is 0.257. The van der Waals surface area contributed by atoms with E-state index in [1.54, 1.807) is 6.08 Å². The van der Waals surface area contributed by atoms with E-state index in [9.17, 15) is 0 Å².